The summed E-state index contributed by atoms with van der Waals surface area (Å²) in [4.78, 5) is 5.69. The zero-order chi connectivity index (χ0) is 25.6. The normalized spacial score (nSPS) is 17.6. The maximum atomic E-state index is 11.5. The van der Waals surface area contributed by atoms with Gasteiger partial charge in [-0.15, -0.1) is 11.3 Å². The van der Waals surface area contributed by atoms with E-state index in [0.29, 0.717) is 6.54 Å². The molecular formula is C29H42N4OS2. The number of rotatable bonds is 11. The number of aliphatic hydroxyl groups is 1. The van der Waals surface area contributed by atoms with Gasteiger partial charge in [-0.05, 0) is 52.8 Å². The number of aryl methyl sites for hydroxylation is 1. The summed E-state index contributed by atoms with van der Waals surface area (Å²) in [5, 5.41) is 21.9. The van der Waals surface area contributed by atoms with Gasteiger partial charge in [-0.2, -0.15) is 4.37 Å². The second-order valence-corrected chi connectivity index (χ2v) is 13.0. The lowest BCUT2D eigenvalue weighted by molar-refractivity contribution is 0.122. The molecule has 36 heavy (non-hydrogen) atoms. The summed E-state index contributed by atoms with van der Waals surface area (Å²) in [5.74, 6) is 0. The van der Waals surface area contributed by atoms with Crippen LogP contribution in [0.2, 0.25) is 0 Å². The fourth-order valence-corrected chi connectivity index (χ4v) is 6.85. The Kier molecular flexibility index (Phi) is 9.20. The Labute approximate surface area is 224 Å². The molecule has 3 N–H and O–H groups in total. The van der Waals surface area contributed by atoms with E-state index in [0.717, 1.165) is 37.2 Å². The smallest absolute Gasteiger partial charge is 0.202 e. The standard InChI is InChI=1S/C29H42N4OS2/c1-5-10-21-13-16-35-26(21)18-24(33-27-30-20-32-36-27)25(34)19-31-29(14-7-6-8-15-29)23-12-9-11-22(17-23)28(2,3)4/h9,11-13,16-17,20,24-25,31,34H,5-8,10,14-15,18-19H2,1-4H3,(H,30,32,33). The van der Waals surface area contributed by atoms with E-state index in [4.69, 9.17) is 0 Å². The summed E-state index contributed by atoms with van der Waals surface area (Å²) in [5.41, 5.74) is 4.14. The molecule has 2 aromatic heterocycles. The minimum absolute atomic E-state index is 0.0932. The van der Waals surface area contributed by atoms with Crippen molar-refractivity contribution in [2.45, 2.75) is 102 Å². The van der Waals surface area contributed by atoms with E-state index in [2.05, 4.69) is 83.4 Å². The second kappa shape index (κ2) is 12.2. The quantitative estimate of drug-likeness (QED) is 0.260. The van der Waals surface area contributed by atoms with Crippen LogP contribution in [0.5, 0.6) is 0 Å². The Balaban J connectivity index is 1.54. The molecule has 0 aliphatic heterocycles. The molecule has 0 spiro atoms. The Morgan fingerprint density at radius 2 is 1.94 bits per heavy atom. The zero-order valence-corrected chi connectivity index (χ0v) is 23.9. The Bertz CT molecular complexity index is 1070. The number of aliphatic hydroxyl groups excluding tert-OH is 1. The van der Waals surface area contributed by atoms with Crippen LogP contribution in [-0.4, -0.2) is 33.2 Å². The molecule has 7 heteroatoms. The van der Waals surface area contributed by atoms with Gasteiger partial charge in [-0.3, -0.25) is 0 Å². The lowest BCUT2D eigenvalue weighted by Crippen LogP contribution is -2.50. The van der Waals surface area contributed by atoms with E-state index in [1.54, 1.807) is 17.7 Å². The predicted octanol–water partition coefficient (Wildman–Crippen LogP) is 6.68. The maximum absolute atomic E-state index is 11.5. The van der Waals surface area contributed by atoms with Crippen molar-refractivity contribution in [3.63, 3.8) is 0 Å². The number of thiophene rings is 1. The fourth-order valence-electron chi connectivity index (χ4n) is 5.36. The highest BCUT2D eigenvalue weighted by atomic mass is 32.1. The van der Waals surface area contributed by atoms with Crippen LogP contribution in [0.3, 0.4) is 0 Å². The molecule has 2 heterocycles. The average molecular weight is 527 g/mol. The van der Waals surface area contributed by atoms with Crippen LogP contribution in [0.15, 0.2) is 42.0 Å². The van der Waals surface area contributed by atoms with Gasteiger partial charge in [0.25, 0.3) is 0 Å². The summed E-state index contributed by atoms with van der Waals surface area (Å²) in [6.45, 7) is 9.58. The number of benzene rings is 1. The van der Waals surface area contributed by atoms with Gasteiger partial charge in [-0.25, -0.2) is 4.98 Å². The van der Waals surface area contributed by atoms with Crippen molar-refractivity contribution >= 4 is 28.0 Å². The molecule has 196 valence electrons. The summed E-state index contributed by atoms with van der Waals surface area (Å²) in [6, 6.07) is 11.2. The molecule has 1 fully saturated rings. The van der Waals surface area contributed by atoms with Crippen LogP contribution in [-0.2, 0) is 23.8 Å². The first-order valence-corrected chi connectivity index (χ1v) is 15.1. The monoisotopic (exact) mass is 526 g/mol. The molecule has 1 aromatic carbocycles. The first-order chi connectivity index (χ1) is 17.3. The number of nitrogens with zero attached hydrogens (tertiary/aromatic N) is 2. The molecular weight excluding hydrogens is 484 g/mol. The van der Waals surface area contributed by atoms with Gasteiger partial charge in [0.2, 0.25) is 5.13 Å². The molecule has 2 atom stereocenters. The van der Waals surface area contributed by atoms with Crippen molar-refractivity contribution in [1.29, 1.82) is 0 Å². The summed E-state index contributed by atoms with van der Waals surface area (Å²) in [6.07, 6.45) is 9.91. The Morgan fingerprint density at radius 1 is 1.14 bits per heavy atom. The first-order valence-electron chi connectivity index (χ1n) is 13.4. The van der Waals surface area contributed by atoms with Crippen molar-refractivity contribution in [2.75, 3.05) is 11.9 Å². The third-order valence-corrected chi connectivity index (χ3v) is 9.12. The topological polar surface area (TPSA) is 70.1 Å². The third-order valence-electron chi connectivity index (χ3n) is 7.53. The SMILES string of the molecule is CCCc1ccsc1CC(Nc1ncns1)C(O)CNC1(c2cccc(C(C)(C)C)c2)CCCCC1. The van der Waals surface area contributed by atoms with Gasteiger partial charge in [0.15, 0.2) is 0 Å². The molecule has 1 aliphatic carbocycles. The third kappa shape index (κ3) is 6.74. The minimum atomic E-state index is -0.560. The van der Waals surface area contributed by atoms with Crippen molar-refractivity contribution in [2.24, 2.45) is 0 Å². The van der Waals surface area contributed by atoms with Gasteiger partial charge in [0.1, 0.15) is 6.33 Å². The molecule has 1 saturated carbocycles. The lowest BCUT2D eigenvalue weighted by atomic mass is 9.74. The molecule has 2 unspecified atom stereocenters. The van der Waals surface area contributed by atoms with Crippen LogP contribution in [0.1, 0.15) is 87.8 Å². The van der Waals surface area contributed by atoms with Crippen molar-refractivity contribution < 1.29 is 5.11 Å². The van der Waals surface area contributed by atoms with E-state index in [9.17, 15) is 5.11 Å². The molecule has 4 rings (SSSR count). The van der Waals surface area contributed by atoms with Crippen LogP contribution in [0, 0.1) is 0 Å². The van der Waals surface area contributed by atoms with Gasteiger partial charge in [0.05, 0.1) is 12.1 Å². The lowest BCUT2D eigenvalue weighted by Gasteiger charge is -2.41. The largest absolute Gasteiger partial charge is 0.390 e. The van der Waals surface area contributed by atoms with E-state index in [-0.39, 0.29) is 17.0 Å². The summed E-state index contributed by atoms with van der Waals surface area (Å²) < 4.78 is 4.15. The molecule has 0 bridgehead atoms. The zero-order valence-electron chi connectivity index (χ0n) is 22.2. The number of anilines is 1. The van der Waals surface area contributed by atoms with Crippen molar-refractivity contribution in [3.8, 4) is 0 Å². The van der Waals surface area contributed by atoms with E-state index in [1.807, 2.05) is 0 Å². The highest BCUT2D eigenvalue weighted by Crippen LogP contribution is 2.39. The molecule has 1 aliphatic rings. The van der Waals surface area contributed by atoms with E-state index >= 15 is 0 Å². The van der Waals surface area contributed by atoms with Crippen LogP contribution in [0.25, 0.3) is 0 Å². The predicted molar refractivity (Wildman–Crippen MR) is 153 cm³/mol. The Hall–Kier alpha value is -1.80. The molecule has 0 radical (unpaired) electrons. The van der Waals surface area contributed by atoms with Crippen LogP contribution >= 0.6 is 22.9 Å². The molecule has 0 amide bonds. The first kappa shape index (κ1) is 27.2. The number of aromatic nitrogens is 2. The minimum Gasteiger partial charge on any atom is -0.390 e. The van der Waals surface area contributed by atoms with Gasteiger partial charge in [-0.1, -0.05) is 77.6 Å². The van der Waals surface area contributed by atoms with Crippen LogP contribution in [0.4, 0.5) is 5.13 Å². The highest BCUT2D eigenvalue weighted by molar-refractivity contribution is 7.10. The van der Waals surface area contributed by atoms with Crippen molar-refractivity contribution in [3.05, 3.63) is 63.6 Å². The second-order valence-electron chi connectivity index (χ2n) is 11.2. The molecule has 3 aromatic rings. The number of nitrogens with one attached hydrogen (secondary N) is 2. The van der Waals surface area contributed by atoms with Crippen LogP contribution < -0.4 is 10.6 Å². The summed E-state index contributed by atoms with van der Waals surface area (Å²) in [7, 11) is 0. The van der Waals surface area contributed by atoms with E-state index < -0.39 is 6.10 Å². The van der Waals surface area contributed by atoms with Gasteiger partial charge >= 0.3 is 0 Å². The molecule has 5 nitrogen and oxygen atoms in total. The number of hydrogen-bond donors (Lipinski definition) is 3. The van der Waals surface area contributed by atoms with Gasteiger partial charge < -0.3 is 15.7 Å². The highest BCUT2D eigenvalue weighted by Gasteiger charge is 2.35. The average Bonchev–Trinajstić information content (AvgIpc) is 3.55. The number of hydrogen-bond acceptors (Lipinski definition) is 7. The van der Waals surface area contributed by atoms with Crippen molar-refractivity contribution in [1.82, 2.24) is 14.7 Å². The Morgan fingerprint density at radius 3 is 2.64 bits per heavy atom. The summed E-state index contributed by atoms with van der Waals surface area (Å²) >= 11 is 3.13. The maximum Gasteiger partial charge on any atom is 0.202 e. The van der Waals surface area contributed by atoms with E-state index in [1.165, 1.54) is 52.4 Å². The molecule has 0 saturated heterocycles. The fraction of sp³-hybridized carbons (Fsp3) is 0.586. The van der Waals surface area contributed by atoms with Gasteiger partial charge in [0, 0.05) is 34.9 Å².